The van der Waals surface area contributed by atoms with Gasteiger partial charge in [-0.05, 0) is 29.6 Å². The van der Waals surface area contributed by atoms with Gasteiger partial charge in [0.15, 0.2) is 12.5 Å². The first-order valence-electron chi connectivity index (χ1n) is 12.3. The van der Waals surface area contributed by atoms with Crippen LogP contribution in [0.4, 0.5) is 11.6 Å². The van der Waals surface area contributed by atoms with Crippen molar-refractivity contribution in [1.82, 2.24) is 19.1 Å². The summed E-state index contributed by atoms with van der Waals surface area (Å²) < 4.78 is 13.0. The van der Waals surface area contributed by atoms with Gasteiger partial charge in [-0.15, -0.1) is 0 Å². The molecule has 0 saturated carbocycles. The third-order valence-corrected chi connectivity index (χ3v) is 6.94. The fraction of sp³-hybridized carbons (Fsp3) is 0.619. The van der Waals surface area contributed by atoms with Crippen LogP contribution in [-0.2, 0) is 9.47 Å². The number of hydrogen-bond donors (Lipinski definition) is 7. The van der Waals surface area contributed by atoms with Gasteiger partial charge in [0.25, 0.3) is 0 Å². The maximum absolute atomic E-state index is 11.8. The molecule has 4 heterocycles. The maximum atomic E-state index is 11.8. The number of nitrogen functional groups attached to an aromatic ring is 2. The van der Waals surface area contributed by atoms with Crippen molar-refractivity contribution in [3.8, 4) is 0 Å². The zero-order valence-electron chi connectivity index (χ0n) is 22.1. The monoisotopic (exact) mass is 594 g/mol. The summed E-state index contributed by atoms with van der Waals surface area (Å²) in [6.45, 7) is 0.435. The van der Waals surface area contributed by atoms with Gasteiger partial charge in [-0.2, -0.15) is 9.97 Å². The first-order chi connectivity index (χ1) is 19.9. The summed E-state index contributed by atoms with van der Waals surface area (Å²) in [6.07, 6.45) is -5.30. The molecule has 0 aromatic carbocycles. The number of rotatable bonds is 8. The molecule has 2 aromatic rings. The Morgan fingerprint density at radius 3 is 1.67 bits per heavy atom. The fourth-order valence-electron chi connectivity index (χ4n) is 4.53. The van der Waals surface area contributed by atoms with Crippen molar-refractivity contribution in [2.24, 2.45) is 10.2 Å². The van der Waals surface area contributed by atoms with E-state index in [4.69, 9.17) is 32.0 Å². The van der Waals surface area contributed by atoms with E-state index in [2.05, 4.69) is 30.0 Å². The molecule has 0 bridgehead atoms. The average Bonchev–Trinajstić information content (AvgIpc) is 3.36. The lowest BCUT2D eigenvalue weighted by Gasteiger charge is -2.28. The number of azide groups is 2. The molecule has 0 aliphatic carbocycles. The predicted molar refractivity (Wildman–Crippen MR) is 141 cm³/mol. The fourth-order valence-corrected chi connectivity index (χ4v) is 4.53. The molecule has 228 valence electrons. The van der Waals surface area contributed by atoms with Crippen LogP contribution in [0.1, 0.15) is 25.8 Å². The molecule has 9 N–H and O–H groups in total. The molecule has 0 amide bonds. The lowest BCUT2D eigenvalue weighted by molar-refractivity contribution is -0.123. The van der Waals surface area contributed by atoms with Gasteiger partial charge in [0.2, 0.25) is 0 Å². The highest BCUT2D eigenvalue weighted by atomic mass is 16.6. The molecule has 2 fully saturated rings. The highest BCUT2D eigenvalue weighted by molar-refractivity contribution is 5.24. The molecule has 21 heteroatoms. The number of anilines is 2. The zero-order chi connectivity index (χ0) is 31.2. The van der Waals surface area contributed by atoms with Gasteiger partial charge in [0.1, 0.15) is 47.3 Å². The molecule has 2 aliphatic heterocycles. The van der Waals surface area contributed by atoms with E-state index in [1.807, 2.05) is 0 Å². The molecule has 2 aromatic heterocycles. The van der Waals surface area contributed by atoms with Crippen molar-refractivity contribution < 1.29 is 35.0 Å². The molecule has 8 atom stereocenters. The zero-order valence-corrected chi connectivity index (χ0v) is 22.1. The van der Waals surface area contributed by atoms with Gasteiger partial charge >= 0.3 is 11.4 Å². The Balaban J connectivity index is 0.000000230. The quantitative estimate of drug-likeness (QED) is 0.0957. The van der Waals surface area contributed by atoms with Gasteiger partial charge < -0.3 is 46.5 Å². The Hall–Kier alpha value is -4.30. The van der Waals surface area contributed by atoms with E-state index in [1.165, 1.54) is 24.5 Å². The van der Waals surface area contributed by atoms with Gasteiger partial charge in [-0.1, -0.05) is 17.2 Å². The van der Waals surface area contributed by atoms with Gasteiger partial charge in [0.05, 0.1) is 19.7 Å². The summed E-state index contributed by atoms with van der Waals surface area (Å²) >= 11 is 0. The average molecular weight is 595 g/mol. The summed E-state index contributed by atoms with van der Waals surface area (Å²) in [5.41, 5.74) is 23.1. The van der Waals surface area contributed by atoms with E-state index in [1.54, 1.807) is 6.92 Å². The molecule has 0 unspecified atom stereocenters. The van der Waals surface area contributed by atoms with E-state index in [0.29, 0.717) is 0 Å². The summed E-state index contributed by atoms with van der Waals surface area (Å²) in [6, 6.07) is 2.69. The standard InChI is InChI=1S/C11H16N6O4.C10H14N6O5/c1-2-11(5-14-16-13)8(19)7(18)9(21-11)17-4-3-6(12)15-10(17)20;11-5-1-2-16(9(20)14-5)8-6(18)7(19)10(4-17,21-8)3-13-15-12/h3-4,7-9,18-19H,2,5H2,1H3,(H2,12,15,20);1-2,6-8,17-19H,3-4H2,(H2,11,14,20)/t7-,8-,9+,11-;6-,7-,8+,10+/m00/s1. The Bertz CT molecular complexity index is 1370. The largest absolute Gasteiger partial charge is 0.393 e. The smallest absolute Gasteiger partial charge is 0.351 e. The minimum Gasteiger partial charge on any atom is -0.393 e. The molecule has 2 aliphatic rings. The van der Waals surface area contributed by atoms with Crippen molar-refractivity contribution in [1.29, 1.82) is 0 Å². The van der Waals surface area contributed by atoms with Crippen LogP contribution in [0.3, 0.4) is 0 Å². The highest BCUT2D eigenvalue weighted by Crippen LogP contribution is 2.39. The van der Waals surface area contributed by atoms with Crippen LogP contribution in [0.5, 0.6) is 0 Å². The number of nitrogens with zero attached hydrogens (tertiary/aromatic N) is 10. The first kappa shape index (κ1) is 32.2. The van der Waals surface area contributed by atoms with Crippen molar-refractivity contribution in [2.75, 3.05) is 31.2 Å². The number of ether oxygens (including phenoxy) is 2. The Kier molecular flexibility index (Phi) is 10.1. The lowest BCUT2D eigenvalue weighted by Crippen LogP contribution is -2.48. The second-order valence-corrected chi connectivity index (χ2v) is 9.39. The Morgan fingerprint density at radius 2 is 1.29 bits per heavy atom. The Labute approximate surface area is 235 Å². The minimum absolute atomic E-state index is 0.00760. The van der Waals surface area contributed by atoms with Crippen LogP contribution in [0.15, 0.2) is 44.3 Å². The lowest BCUT2D eigenvalue weighted by atomic mass is 9.92. The molecular formula is C21H30N12O9. The third-order valence-electron chi connectivity index (χ3n) is 6.94. The van der Waals surface area contributed by atoms with Crippen LogP contribution in [0, 0.1) is 0 Å². The van der Waals surface area contributed by atoms with Crippen molar-refractivity contribution >= 4 is 11.6 Å². The van der Waals surface area contributed by atoms with Gasteiger partial charge in [-0.25, -0.2) is 9.59 Å². The van der Waals surface area contributed by atoms with Crippen LogP contribution < -0.4 is 22.8 Å². The summed E-state index contributed by atoms with van der Waals surface area (Å²) in [4.78, 5) is 35.7. The van der Waals surface area contributed by atoms with Crippen LogP contribution in [0.25, 0.3) is 20.9 Å². The predicted octanol–water partition coefficient (Wildman–Crippen LogP) is -2.35. The molecule has 2 saturated heterocycles. The van der Waals surface area contributed by atoms with Crippen molar-refractivity contribution in [3.63, 3.8) is 0 Å². The normalized spacial score (nSPS) is 31.9. The van der Waals surface area contributed by atoms with E-state index in [9.17, 15) is 35.1 Å². The number of hydrogen-bond acceptors (Lipinski definition) is 15. The summed E-state index contributed by atoms with van der Waals surface area (Å²) in [7, 11) is 0. The minimum atomic E-state index is -1.70. The second-order valence-electron chi connectivity index (χ2n) is 9.39. The van der Waals surface area contributed by atoms with E-state index < -0.39 is 72.6 Å². The topological polar surface area (TPSA) is 339 Å². The van der Waals surface area contributed by atoms with Crippen molar-refractivity contribution in [3.05, 3.63) is 66.4 Å². The first-order valence-corrected chi connectivity index (χ1v) is 12.3. The molecule has 0 radical (unpaired) electrons. The SMILES string of the molecule is CC[C@@]1(CN=[N+]=[N-])O[C@@H](n2ccc(N)nc2=O)[C@@H](O)[C@@H]1O.[N-]=[N+]=NC[C@]1(CO)O[C@@H](n2ccc(N)nc2=O)[C@@H](O)[C@@H]1O. The van der Waals surface area contributed by atoms with E-state index >= 15 is 0 Å². The van der Waals surface area contributed by atoms with E-state index in [-0.39, 0.29) is 24.6 Å². The third kappa shape index (κ3) is 6.14. The number of aliphatic hydroxyl groups excluding tert-OH is 5. The summed E-state index contributed by atoms with van der Waals surface area (Å²) in [5, 5.41) is 56.5. The number of aliphatic hydroxyl groups is 5. The van der Waals surface area contributed by atoms with Crippen LogP contribution in [-0.4, -0.2) is 99.9 Å². The van der Waals surface area contributed by atoms with Gasteiger partial charge in [-0.3, -0.25) is 9.13 Å². The van der Waals surface area contributed by atoms with Crippen molar-refractivity contribution in [2.45, 2.75) is 61.4 Å². The molecule has 42 heavy (non-hydrogen) atoms. The molecular weight excluding hydrogens is 564 g/mol. The Morgan fingerprint density at radius 1 is 0.881 bits per heavy atom. The van der Waals surface area contributed by atoms with Gasteiger partial charge in [0, 0.05) is 22.2 Å². The number of nitrogens with two attached hydrogens (primary N) is 2. The molecule has 0 spiro atoms. The maximum Gasteiger partial charge on any atom is 0.351 e. The highest BCUT2D eigenvalue weighted by Gasteiger charge is 2.55. The second kappa shape index (κ2) is 13.1. The summed E-state index contributed by atoms with van der Waals surface area (Å²) in [5.74, 6) is 0.0342. The van der Waals surface area contributed by atoms with Crippen LogP contribution in [0.2, 0.25) is 0 Å². The number of aromatic nitrogens is 4. The molecule has 4 rings (SSSR count). The van der Waals surface area contributed by atoms with Crippen LogP contribution >= 0.6 is 0 Å². The molecule has 21 nitrogen and oxygen atoms in total. The van der Waals surface area contributed by atoms with E-state index in [0.717, 1.165) is 9.13 Å².